The summed E-state index contributed by atoms with van der Waals surface area (Å²) < 4.78 is 10.0. The molecule has 0 heterocycles. The van der Waals surface area contributed by atoms with E-state index in [0.29, 0.717) is 25.3 Å². The van der Waals surface area contributed by atoms with Gasteiger partial charge in [-0.15, -0.1) is 0 Å². The number of halogens is 1. The van der Waals surface area contributed by atoms with Gasteiger partial charge in [0.25, 0.3) is 5.91 Å². The third-order valence-electron chi connectivity index (χ3n) is 5.32. The minimum Gasteiger partial charge on any atom is -0.469 e. The summed E-state index contributed by atoms with van der Waals surface area (Å²) in [5, 5.41) is 5.77. The Hall–Kier alpha value is -2.85. The minimum absolute atomic E-state index is 0.0607. The lowest BCUT2D eigenvalue weighted by atomic mass is 9.85. The predicted octanol–water partition coefficient (Wildman–Crippen LogP) is 2.39. The van der Waals surface area contributed by atoms with E-state index in [-0.39, 0.29) is 30.2 Å². The Labute approximate surface area is 218 Å². The van der Waals surface area contributed by atoms with Crippen molar-refractivity contribution in [3.8, 4) is 0 Å². The van der Waals surface area contributed by atoms with Crippen molar-refractivity contribution in [1.82, 2.24) is 15.5 Å². The van der Waals surface area contributed by atoms with Gasteiger partial charge in [0.1, 0.15) is 6.04 Å². The van der Waals surface area contributed by atoms with Gasteiger partial charge >= 0.3 is 5.97 Å². The summed E-state index contributed by atoms with van der Waals surface area (Å²) in [6.45, 7) is 9.76. The Morgan fingerprint density at radius 2 is 1.81 bits per heavy atom. The first-order chi connectivity index (χ1) is 16.8. The predicted molar refractivity (Wildman–Crippen MR) is 139 cm³/mol. The van der Waals surface area contributed by atoms with Gasteiger partial charge < -0.3 is 30.7 Å². The molecule has 2 atom stereocenters. The van der Waals surface area contributed by atoms with E-state index in [1.807, 2.05) is 27.7 Å². The molecule has 0 fully saturated rings. The normalized spacial score (nSPS) is 12.9. The smallest absolute Gasteiger partial charge is 0.307 e. The average Bonchev–Trinajstić information content (AvgIpc) is 2.80. The number of nitrogens with one attached hydrogen (secondary N) is 2. The lowest BCUT2D eigenvalue weighted by Gasteiger charge is -2.35. The number of hydrogen-bond acceptors (Lipinski definition) is 7. The van der Waals surface area contributed by atoms with Crippen molar-refractivity contribution >= 4 is 41.0 Å². The van der Waals surface area contributed by atoms with E-state index in [9.17, 15) is 19.2 Å². The number of ether oxygens (including phenoxy) is 2. The summed E-state index contributed by atoms with van der Waals surface area (Å²) >= 11 is 6.05. The Morgan fingerprint density at radius 3 is 2.33 bits per heavy atom. The average molecular weight is 527 g/mol. The highest BCUT2D eigenvalue weighted by Gasteiger charge is 2.36. The molecule has 11 heteroatoms. The molecule has 0 aliphatic rings. The molecule has 3 amide bonds. The Kier molecular flexibility index (Phi) is 12.7. The van der Waals surface area contributed by atoms with Crippen LogP contribution < -0.4 is 16.4 Å². The Balaban J connectivity index is 3.04. The van der Waals surface area contributed by atoms with Crippen molar-refractivity contribution in [2.45, 2.75) is 59.5 Å². The molecule has 0 aliphatic heterocycles. The number of nitrogens with two attached hydrogens (primary N) is 1. The first-order valence-corrected chi connectivity index (χ1v) is 12.3. The Morgan fingerprint density at radius 1 is 1.14 bits per heavy atom. The molecule has 36 heavy (non-hydrogen) atoms. The van der Waals surface area contributed by atoms with E-state index in [4.69, 9.17) is 26.8 Å². The number of benzene rings is 1. The highest BCUT2D eigenvalue weighted by atomic mass is 35.5. The fourth-order valence-electron chi connectivity index (χ4n) is 3.39. The summed E-state index contributed by atoms with van der Waals surface area (Å²) in [4.78, 5) is 52.4. The monoisotopic (exact) mass is 526 g/mol. The lowest BCUT2D eigenvalue weighted by molar-refractivity contribution is -0.143. The van der Waals surface area contributed by atoms with Crippen LogP contribution in [0.2, 0.25) is 5.02 Å². The number of hydrogen-bond donors (Lipinski definition) is 3. The number of carbonyl (C=O) groups excluding carboxylic acids is 4. The van der Waals surface area contributed by atoms with Crippen LogP contribution in [-0.4, -0.2) is 74.1 Å². The van der Waals surface area contributed by atoms with Crippen LogP contribution in [0.15, 0.2) is 18.2 Å². The highest BCUT2D eigenvalue weighted by Crippen LogP contribution is 2.24. The number of esters is 1. The number of methoxy groups -OCH3 is 1. The van der Waals surface area contributed by atoms with Crippen LogP contribution in [0.4, 0.5) is 5.69 Å². The molecule has 1 aromatic carbocycles. The van der Waals surface area contributed by atoms with Crippen LogP contribution in [0.25, 0.3) is 0 Å². The number of anilines is 1. The van der Waals surface area contributed by atoms with Crippen molar-refractivity contribution in [3.05, 3.63) is 28.8 Å². The Bertz CT molecular complexity index is 918. The molecular weight excluding hydrogens is 488 g/mol. The number of carbonyl (C=O) groups is 4. The number of rotatable bonds is 13. The second kappa shape index (κ2) is 14.6. The third-order valence-corrected chi connectivity index (χ3v) is 5.65. The lowest BCUT2D eigenvalue weighted by Crippen LogP contribution is -2.56. The van der Waals surface area contributed by atoms with Gasteiger partial charge in [-0.05, 0) is 37.0 Å². The van der Waals surface area contributed by atoms with Gasteiger partial charge in [-0.3, -0.25) is 19.2 Å². The van der Waals surface area contributed by atoms with Crippen molar-refractivity contribution in [1.29, 1.82) is 0 Å². The standard InChI is InChI=1S/C25H39ClN4O6/c1-7-11-30(14-20(31)28-17(15-36-8-2)13-21(32)35-6)24(34)22(25(3,4)5)29-23(33)16-9-10-19(27)18(26)12-16/h9-10,12,17,22H,7-8,11,13-15,27H2,1-6H3,(H,28,31)(H,29,33)/t17-,22+/m0/s1. The van der Waals surface area contributed by atoms with E-state index in [0.717, 1.165) is 0 Å². The molecule has 0 saturated carbocycles. The molecular formula is C25H39ClN4O6. The molecule has 0 unspecified atom stereocenters. The molecule has 1 aromatic rings. The zero-order valence-corrected chi connectivity index (χ0v) is 22.7. The van der Waals surface area contributed by atoms with Crippen LogP contribution in [0.3, 0.4) is 0 Å². The SMILES string of the molecule is CCCN(CC(=O)N[C@H](COCC)CC(=O)OC)C(=O)[C@@H](NC(=O)c1ccc(N)c(Cl)c1)C(C)(C)C. The molecule has 0 saturated heterocycles. The van der Waals surface area contributed by atoms with Crippen LogP contribution in [0, 0.1) is 5.41 Å². The maximum absolute atomic E-state index is 13.6. The van der Waals surface area contributed by atoms with Crippen LogP contribution in [0.5, 0.6) is 0 Å². The van der Waals surface area contributed by atoms with Crippen molar-refractivity contribution in [3.63, 3.8) is 0 Å². The van der Waals surface area contributed by atoms with E-state index in [1.165, 1.54) is 30.2 Å². The molecule has 10 nitrogen and oxygen atoms in total. The molecule has 202 valence electrons. The molecule has 0 spiro atoms. The molecule has 0 bridgehead atoms. The molecule has 0 radical (unpaired) electrons. The number of amides is 3. The summed E-state index contributed by atoms with van der Waals surface area (Å²) in [6, 6.07) is 2.96. The van der Waals surface area contributed by atoms with Crippen LogP contribution in [0.1, 0.15) is 57.8 Å². The van der Waals surface area contributed by atoms with Gasteiger partial charge in [-0.1, -0.05) is 39.3 Å². The quantitative estimate of drug-likeness (QED) is 0.265. The van der Waals surface area contributed by atoms with Gasteiger partial charge in [0, 0.05) is 18.7 Å². The number of nitrogens with zero attached hydrogens (tertiary/aromatic N) is 1. The molecule has 0 aromatic heterocycles. The summed E-state index contributed by atoms with van der Waals surface area (Å²) in [5.74, 6) is -1.82. The van der Waals surface area contributed by atoms with Gasteiger partial charge in [0.15, 0.2) is 0 Å². The maximum Gasteiger partial charge on any atom is 0.307 e. The zero-order valence-electron chi connectivity index (χ0n) is 22.0. The fourth-order valence-corrected chi connectivity index (χ4v) is 3.57. The summed E-state index contributed by atoms with van der Waals surface area (Å²) in [5.41, 5.74) is 5.67. The molecule has 0 aliphatic carbocycles. The molecule has 4 N–H and O–H groups in total. The molecule has 1 rings (SSSR count). The summed E-state index contributed by atoms with van der Waals surface area (Å²) in [7, 11) is 1.27. The third kappa shape index (κ3) is 10.0. The van der Waals surface area contributed by atoms with E-state index >= 15 is 0 Å². The van der Waals surface area contributed by atoms with Crippen LogP contribution in [-0.2, 0) is 23.9 Å². The maximum atomic E-state index is 13.6. The summed E-state index contributed by atoms with van der Waals surface area (Å²) in [6.07, 6.45) is 0.538. The van der Waals surface area contributed by atoms with E-state index in [1.54, 1.807) is 6.92 Å². The van der Waals surface area contributed by atoms with Gasteiger partial charge in [-0.25, -0.2) is 0 Å². The topological polar surface area (TPSA) is 140 Å². The van der Waals surface area contributed by atoms with Gasteiger partial charge in [0.2, 0.25) is 11.8 Å². The van der Waals surface area contributed by atoms with Crippen molar-refractivity contribution in [2.24, 2.45) is 5.41 Å². The number of nitrogen functional groups attached to an aromatic ring is 1. The second-order valence-corrected chi connectivity index (χ2v) is 9.88. The van der Waals surface area contributed by atoms with Crippen molar-refractivity contribution < 1.29 is 28.7 Å². The highest BCUT2D eigenvalue weighted by molar-refractivity contribution is 6.33. The van der Waals surface area contributed by atoms with E-state index in [2.05, 4.69) is 10.6 Å². The van der Waals surface area contributed by atoms with Crippen molar-refractivity contribution in [2.75, 3.05) is 39.1 Å². The van der Waals surface area contributed by atoms with Gasteiger partial charge in [-0.2, -0.15) is 0 Å². The second-order valence-electron chi connectivity index (χ2n) is 9.47. The zero-order chi connectivity index (χ0) is 27.5. The largest absolute Gasteiger partial charge is 0.469 e. The first kappa shape index (κ1) is 31.2. The van der Waals surface area contributed by atoms with Gasteiger partial charge in [0.05, 0.1) is 43.4 Å². The first-order valence-electron chi connectivity index (χ1n) is 11.9. The van der Waals surface area contributed by atoms with Crippen LogP contribution >= 0.6 is 11.6 Å². The fraction of sp³-hybridized carbons (Fsp3) is 0.600. The minimum atomic E-state index is -0.921. The van der Waals surface area contributed by atoms with E-state index < -0.39 is 41.2 Å².